The fourth-order valence-corrected chi connectivity index (χ4v) is 46.8. The highest BCUT2D eigenvalue weighted by Crippen LogP contribution is 2.46. The topological polar surface area (TPSA) is 9.23 Å². The third-order valence-corrected chi connectivity index (χ3v) is 40.7. The lowest BCUT2D eigenvalue weighted by atomic mass is 10.1. The zero-order valence-electron chi connectivity index (χ0n) is 21.8. The van der Waals surface area contributed by atoms with E-state index in [0.29, 0.717) is 0 Å². The molecule has 0 amide bonds. The van der Waals surface area contributed by atoms with E-state index in [-0.39, 0.29) is 0 Å². The summed E-state index contributed by atoms with van der Waals surface area (Å²) in [6, 6.07) is 44.9. The van der Waals surface area contributed by atoms with Crippen molar-refractivity contribution in [2.75, 3.05) is 0 Å². The molecule has 0 atom stereocenters. The van der Waals surface area contributed by atoms with Crippen molar-refractivity contribution in [3.63, 3.8) is 0 Å². The van der Waals surface area contributed by atoms with Crippen LogP contribution >= 0.6 is 0 Å². The van der Waals surface area contributed by atoms with E-state index < -0.39 is 28.1 Å². The van der Waals surface area contributed by atoms with Crippen LogP contribution in [0.4, 0.5) is 0 Å². The second-order valence-corrected chi connectivity index (χ2v) is 29.5. The van der Waals surface area contributed by atoms with Gasteiger partial charge in [-0.05, 0) is 16.4 Å². The molecule has 1 nitrogen and oxygen atoms in total. The summed E-state index contributed by atoms with van der Waals surface area (Å²) in [4.78, 5) is 0. The lowest BCUT2D eigenvalue weighted by Gasteiger charge is -2.63. The Morgan fingerprint density at radius 2 is 0.868 bits per heavy atom. The van der Waals surface area contributed by atoms with Crippen LogP contribution in [-0.4, -0.2) is 28.1 Å². The largest absolute Gasteiger partial charge is 0.398 e. The molecule has 1 aliphatic rings. The van der Waals surface area contributed by atoms with Crippen molar-refractivity contribution in [2.45, 2.75) is 11.6 Å². The Kier molecular flexibility index (Phi) is 7.07. The van der Waals surface area contributed by atoms with Crippen molar-refractivity contribution in [3.8, 4) is 0 Å². The maximum atomic E-state index is 7.82. The molecule has 1 saturated heterocycles. The molecule has 4 aromatic rings. The Labute approximate surface area is 229 Å². The van der Waals surface area contributed by atoms with Gasteiger partial charge >= 0.3 is 0 Å². The Morgan fingerprint density at radius 1 is 0.526 bits per heavy atom. The fraction of sp³-hybridized carbons (Fsp3) is 0.0588. The molecule has 1 fully saturated rings. The second-order valence-electron chi connectivity index (χ2n) is 9.99. The molecule has 38 heavy (non-hydrogen) atoms. The lowest BCUT2D eigenvalue weighted by Crippen LogP contribution is -2.98. The number of hydrogen-bond acceptors (Lipinski definition) is 1. The minimum Gasteiger partial charge on any atom is -0.398 e. The van der Waals surface area contributed by atoms with E-state index in [2.05, 4.69) is 159 Å². The van der Waals surface area contributed by atoms with Gasteiger partial charge in [0.1, 0.15) is 7.59 Å². The molecule has 0 saturated carbocycles. The van der Waals surface area contributed by atoms with Crippen LogP contribution in [0.3, 0.4) is 0 Å². The van der Waals surface area contributed by atoms with E-state index in [1.165, 1.54) is 20.7 Å². The lowest BCUT2D eigenvalue weighted by molar-refractivity contribution is 0.192. The van der Waals surface area contributed by atoms with Crippen molar-refractivity contribution in [3.05, 3.63) is 171 Å². The first-order valence-corrected chi connectivity index (χ1v) is 21.3. The monoisotopic (exact) mass is 542 g/mol. The molecular weight excluding hydrogens is 509 g/mol. The van der Waals surface area contributed by atoms with Gasteiger partial charge in [0, 0.05) is 0 Å². The van der Waals surface area contributed by atoms with E-state index in [1.54, 1.807) is 0 Å². The maximum absolute atomic E-state index is 7.82. The summed E-state index contributed by atoms with van der Waals surface area (Å²) in [7, 11) is -8.62. The zero-order valence-corrected chi connectivity index (χ0v) is 24.8. The molecule has 1 heterocycles. The van der Waals surface area contributed by atoms with Gasteiger partial charge in [0.05, 0.1) is 5.60 Å². The van der Waals surface area contributed by atoms with Gasteiger partial charge in [-0.25, -0.2) is 0 Å². The molecule has 0 unspecified atom stereocenters. The number of benzene rings is 4. The quantitative estimate of drug-likeness (QED) is 0.220. The molecule has 4 heteroatoms. The first-order valence-electron chi connectivity index (χ1n) is 13.0. The summed E-state index contributed by atoms with van der Waals surface area (Å²) >= 11 is 0. The second kappa shape index (κ2) is 10.3. The molecule has 0 aromatic heterocycles. The van der Waals surface area contributed by atoms with Crippen LogP contribution in [0.5, 0.6) is 0 Å². The zero-order chi connectivity index (χ0) is 26.7. The van der Waals surface area contributed by atoms with Crippen LogP contribution < -0.4 is 20.7 Å². The molecule has 0 aliphatic carbocycles. The highest BCUT2D eigenvalue weighted by Gasteiger charge is 2.75. The van der Waals surface area contributed by atoms with Crippen molar-refractivity contribution in [1.29, 1.82) is 0 Å². The van der Waals surface area contributed by atoms with Crippen LogP contribution in [0, 0.1) is 0 Å². The summed E-state index contributed by atoms with van der Waals surface area (Å²) in [5.41, 5.74) is 3.89. The molecule has 0 radical (unpaired) electrons. The van der Waals surface area contributed by atoms with Crippen molar-refractivity contribution < 1.29 is 4.43 Å². The van der Waals surface area contributed by atoms with Crippen LogP contribution in [0.2, 0.25) is 6.04 Å². The average molecular weight is 543 g/mol. The third kappa shape index (κ3) is 3.60. The molecule has 0 spiro atoms. The van der Waals surface area contributed by atoms with Crippen molar-refractivity contribution >= 4 is 43.3 Å². The standard InChI is InChI=1S/C34H34OSi3/c1-5-34(6-2)29-36(7-3,8-4)38(32-25-17-11-18-26-32,33-27-19-12-20-28-33)37(35-34,30-21-13-9-14-22-30)31-23-15-10-16-24-31/h5-28H,1-4,29H2. The number of rotatable bonds is 8. The Hall–Kier alpha value is -3.55. The summed E-state index contributed by atoms with van der Waals surface area (Å²) in [5, 5.41) is 5.27. The minimum atomic E-state index is -3.14. The molecule has 1 aliphatic heterocycles. The average Bonchev–Trinajstić information content (AvgIpc) is 3.02. The summed E-state index contributed by atoms with van der Waals surface area (Å²) in [6.07, 6.45) is 3.94. The maximum Gasteiger partial charge on any atom is 0.250 e. The Balaban J connectivity index is 2.12. The molecular formula is C34H34OSi3. The first kappa shape index (κ1) is 26.1. The molecule has 188 valence electrons. The van der Waals surface area contributed by atoms with Crippen molar-refractivity contribution in [2.24, 2.45) is 0 Å². The molecule has 0 N–H and O–H groups in total. The van der Waals surface area contributed by atoms with E-state index in [4.69, 9.17) is 4.43 Å². The Bertz CT molecular complexity index is 1340. The van der Waals surface area contributed by atoms with E-state index in [1.807, 2.05) is 12.2 Å². The predicted octanol–water partition coefficient (Wildman–Crippen LogP) is 5.21. The molecule has 4 aromatic carbocycles. The highest BCUT2D eigenvalue weighted by atomic mass is 29.6. The van der Waals surface area contributed by atoms with Gasteiger partial charge in [-0.3, -0.25) is 0 Å². The summed E-state index contributed by atoms with van der Waals surface area (Å²) in [6.45, 7) is 17.8. The minimum absolute atomic E-state index is 0.702. The SMILES string of the molecule is C=CC1(C=C)C[Si](C=C)(C=C)[Si](c2ccccc2)(c2ccccc2)[Si](c2ccccc2)(c2ccccc2)O1. The normalized spacial score (nSPS) is 18.5. The van der Waals surface area contributed by atoms with Gasteiger partial charge in [0.25, 0.3) is 7.83 Å². The van der Waals surface area contributed by atoms with Gasteiger partial charge in [0.2, 0.25) is 0 Å². The molecule has 5 rings (SSSR count). The van der Waals surface area contributed by atoms with Gasteiger partial charge in [0.15, 0.2) is 7.11 Å². The van der Waals surface area contributed by atoms with E-state index in [9.17, 15) is 0 Å². The summed E-state index contributed by atoms with van der Waals surface area (Å²) < 4.78 is 7.82. The van der Waals surface area contributed by atoms with Crippen LogP contribution in [-0.2, 0) is 4.43 Å². The number of hydrogen-bond donors (Lipinski definition) is 0. The first-order chi connectivity index (χ1) is 18.6. The highest BCUT2D eigenvalue weighted by molar-refractivity contribution is 7.82. The van der Waals surface area contributed by atoms with Gasteiger partial charge in [-0.1, -0.05) is 168 Å². The predicted molar refractivity (Wildman–Crippen MR) is 171 cm³/mol. The fourth-order valence-electron chi connectivity index (χ4n) is 6.71. The Morgan fingerprint density at radius 3 is 1.18 bits per heavy atom. The van der Waals surface area contributed by atoms with Gasteiger partial charge < -0.3 is 4.43 Å². The smallest absolute Gasteiger partial charge is 0.250 e. The van der Waals surface area contributed by atoms with E-state index in [0.717, 1.165) is 6.04 Å². The van der Waals surface area contributed by atoms with Crippen LogP contribution in [0.15, 0.2) is 171 Å². The van der Waals surface area contributed by atoms with E-state index >= 15 is 0 Å². The van der Waals surface area contributed by atoms with Gasteiger partial charge in [-0.15, -0.1) is 13.2 Å². The van der Waals surface area contributed by atoms with Gasteiger partial charge in [-0.2, -0.15) is 0 Å². The third-order valence-electron chi connectivity index (χ3n) is 8.33. The van der Waals surface area contributed by atoms with Crippen molar-refractivity contribution in [1.82, 2.24) is 0 Å². The van der Waals surface area contributed by atoms with Crippen LogP contribution in [0.1, 0.15) is 0 Å². The van der Waals surface area contributed by atoms with Crippen LogP contribution in [0.25, 0.3) is 0 Å². The summed E-state index contributed by atoms with van der Waals surface area (Å²) in [5.74, 6) is 0. The molecule has 0 bridgehead atoms.